The minimum atomic E-state index is 0.317. The van der Waals surface area contributed by atoms with Crippen LogP contribution in [-0.4, -0.2) is 30.6 Å². The van der Waals surface area contributed by atoms with Crippen molar-refractivity contribution < 1.29 is 0 Å². The zero-order chi connectivity index (χ0) is 13.8. The molecule has 0 spiro atoms. The molecule has 0 aliphatic carbocycles. The minimum Gasteiger partial charge on any atom is -0.313 e. The van der Waals surface area contributed by atoms with Crippen LogP contribution >= 0.6 is 23.2 Å². The Morgan fingerprint density at radius 2 is 2.21 bits per heavy atom. The quantitative estimate of drug-likeness (QED) is 0.879. The van der Waals surface area contributed by atoms with Crippen molar-refractivity contribution >= 4 is 23.2 Å². The lowest BCUT2D eigenvalue weighted by molar-refractivity contribution is 0.202. The Hall–Kier alpha value is -0.280. The summed E-state index contributed by atoms with van der Waals surface area (Å²) in [5.41, 5.74) is 1.16. The number of nitrogens with zero attached hydrogens (tertiary/aromatic N) is 1. The highest BCUT2D eigenvalue weighted by Crippen LogP contribution is 2.30. The van der Waals surface area contributed by atoms with Crippen LogP contribution in [0.3, 0.4) is 0 Å². The summed E-state index contributed by atoms with van der Waals surface area (Å²) in [4.78, 5) is 2.47. The average molecular weight is 301 g/mol. The first-order valence-corrected chi connectivity index (χ1v) is 7.79. The van der Waals surface area contributed by atoms with E-state index in [9.17, 15) is 0 Å². The summed E-state index contributed by atoms with van der Waals surface area (Å²) in [5.74, 6) is 0. The molecule has 1 aliphatic rings. The molecule has 2 unspecified atom stereocenters. The van der Waals surface area contributed by atoms with Crippen molar-refractivity contribution in [3.63, 3.8) is 0 Å². The van der Waals surface area contributed by atoms with Crippen LogP contribution in [0.2, 0.25) is 10.0 Å². The Morgan fingerprint density at radius 1 is 1.42 bits per heavy atom. The molecule has 1 heterocycles. The third-order valence-electron chi connectivity index (χ3n) is 3.98. The van der Waals surface area contributed by atoms with E-state index in [0.717, 1.165) is 30.2 Å². The van der Waals surface area contributed by atoms with E-state index in [-0.39, 0.29) is 0 Å². The van der Waals surface area contributed by atoms with Gasteiger partial charge in [-0.15, -0.1) is 0 Å². The Kier molecular flexibility index (Phi) is 5.52. The summed E-state index contributed by atoms with van der Waals surface area (Å²) in [6.07, 6.45) is 2.57. The molecule has 0 radical (unpaired) electrons. The molecule has 2 rings (SSSR count). The van der Waals surface area contributed by atoms with E-state index in [1.54, 1.807) is 0 Å². The lowest BCUT2D eigenvalue weighted by Gasteiger charge is -2.31. The Labute approximate surface area is 126 Å². The number of nitrogens with one attached hydrogen (secondary N) is 1. The van der Waals surface area contributed by atoms with E-state index in [2.05, 4.69) is 24.1 Å². The summed E-state index contributed by atoms with van der Waals surface area (Å²) in [7, 11) is 0. The zero-order valence-corrected chi connectivity index (χ0v) is 13.1. The van der Waals surface area contributed by atoms with Crippen LogP contribution in [0.25, 0.3) is 0 Å². The minimum absolute atomic E-state index is 0.317. The van der Waals surface area contributed by atoms with Crippen molar-refractivity contribution in [2.75, 3.05) is 19.6 Å². The molecule has 1 aliphatic heterocycles. The third kappa shape index (κ3) is 3.85. The van der Waals surface area contributed by atoms with Gasteiger partial charge < -0.3 is 5.32 Å². The maximum Gasteiger partial charge on any atom is 0.0468 e. The summed E-state index contributed by atoms with van der Waals surface area (Å²) in [6.45, 7) is 7.68. The lowest BCUT2D eigenvalue weighted by Crippen LogP contribution is -2.38. The first-order valence-electron chi connectivity index (χ1n) is 7.04. The molecule has 0 saturated carbocycles. The molecule has 2 atom stereocenters. The fraction of sp³-hybridized carbons (Fsp3) is 0.600. The van der Waals surface area contributed by atoms with Gasteiger partial charge in [0.1, 0.15) is 0 Å². The Balaban J connectivity index is 2.08. The second-order valence-corrected chi connectivity index (χ2v) is 6.07. The molecule has 1 N–H and O–H groups in total. The molecule has 2 nitrogen and oxygen atoms in total. The van der Waals surface area contributed by atoms with Crippen molar-refractivity contribution in [1.82, 2.24) is 10.2 Å². The number of halogens is 2. The van der Waals surface area contributed by atoms with Crippen LogP contribution in [0.4, 0.5) is 0 Å². The second kappa shape index (κ2) is 6.94. The number of rotatable bonds is 5. The summed E-state index contributed by atoms with van der Waals surface area (Å²) in [6, 6.07) is 6.73. The van der Waals surface area contributed by atoms with Gasteiger partial charge in [-0.25, -0.2) is 0 Å². The highest BCUT2D eigenvalue weighted by atomic mass is 35.5. The lowest BCUT2D eigenvalue weighted by atomic mass is 10.1. The van der Waals surface area contributed by atoms with E-state index in [1.165, 1.54) is 12.8 Å². The van der Waals surface area contributed by atoms with Crippen LogP contribution in [0.5, 0.6) is 0 Å². The van der Waals surface area contributed by atoms with Crippen LogP contribution in [0, 0.1) is 0 Å². The molecular formula is C15H22Cl2N2. The number of hydrogen-bond acceptors (Lipinski definition) is 2. The number of hydrogen-bond donors (Lipinski definition) is 1. The fourth-order valence-corrected chi connectivity index (χ4v) is 3.36. The average Bonchev–Trinajstić information content (AvgIpc) is 2.88. The van der Waals surface area contributed by atoms with E-state index >= 15 is 0 Å². The molecule has 0 amide bonds. The van der Waals surface area contributed by atoms with Gasteiger partial charge in [0.25, 0.3) is 0 Å². The fourth-order valence-electron chi connectivity index (χ4n) is 2.79. The van der Waals surface area contributed by atoms with Crippen LogP contribution in [-0.2, 0) is 0 Å². The van der Waals surface area contributed by atoms with Crippen LogP contribution < -0.4 is 5.32 Å². The highest BCUT2D eigenvalue weighted by molar-refractivity contribution is 6.35. The highest BCUT2D eigenvalue weighted by Gasteiger charge is 2.22. The first-order chi connectivity index (χ1) is 9.11. The van der Waals surface area contributed by atoms with E-state index in [4.69, 9.17) is 23.2 Å². The van der Waals surface area contributed by atoms with E-state index in [0.29, 0.717) is 17.1 Å². The molecule has 106 valence electrons. The predicted molar refractivity (Wildman–Crippen MR) is 83.1 cm³/mol. The molecule has 1 fully saturated rings. The summed E-state index contributed by atoms with van der Waals surface area (Å²) < 4.78 is 0. The smallest absolute Gasteiger partial charge is 0.0468 e. The molecule has 4 heteroatoms. The predicted octanol–water partition coefficient (Wildman–Crippen LogP) is 4.13. The van der Waals surface area contributed by atoms with Gasteiger partial charge in [-0.1, -0.05) is 36.2 Å². The van der Waals surface area contributed by atoms with Gasteiger partial charge in [-0.2, -0.15) is 0 Å². The van der Waals surface area contributed by atoms with E-state index in [1.807, 2.05) is 18.2 Å². The molecule has 1 aromatic rings. The van der Waals surface area contributed by atoms with Crippen molar-refractivity contribution in [3.05, 3.63) is 33.8 Å². The van der Waals surface area contributed by atoms with Gasteiger partial charge in [-0.3, -0.25) is 4.90 Å². The molecule has 1 aromatic carbocycles. The molecule has 0 bridgehead atoms. The van der Waals surface area contributed by atoms with E-state index < -0.39 is 0 Å². The standard InChI is InChI=1S/C15H22Cl2N2/c1-3-19(10-13-5-4-8-18-13)11(2)14-7-6-12(16)9-15(14)17/h6-7,9,11,13,18H,3-5,8,10H2,1-2H3. The van der Waals surface area contributed by atoms with Crippen molar-refractivity contribution in [1.29, 1.82) is 0 Å². The summed E-state index contributed by atoms with van der Waals surface area (Å²) >= 11 is 12.3. The number of likely N-dealkylation sites (N-methyl/N-ethyl adjacent to an activating group) is 1. The normalized spacial score (nSPS) is 21.0. The van der Waals surface area contributed by atoms with Gasteiger partial charge in [0, 0.05) is 28.7 Å². The molecule has 1 saturated heterocycles. The van der Waals surface area contributed by atoms with Crippen molar-refractivity contribution in [2.45, 2.75) is 38.8 Å². The first kappa shape index (κ1) is 15.1. The van der Waals surface area contributed by atoms with Gasteiger partial charge in [-0.05, 0) is 50.6 Å². The topological polar surface area (TPSA) is 15.3 Å². The van der Waals surface area contributed by atoms with Gasteiger partial charge >= 0.3 is 0 Å². The zero-order valence-electron chi connectivity index (χ0n) is 11.6. The van der Waals surface area contributed by atoms with Gasteiger partial charge in [0.15, 0.2) is 0 Å². The van der Waals surface area contributed by atoms with Gasteiger partial charge in [0.05, 0.1) is 0 Å². The van der Waals surface area contributed by atoms with Crippen LogP contribution in [0.1, 0.15) is 38.3 Å². The molecular weight excluding hydrogens is 279 g/mol. The van der Waals surface area contributed by atoms with Crippen molar-refractivity contribution in [2.24, 2.45) is 0 Å². The largest absolute Gasteiger partial charge is 0.313 e. The molecule has 0 aromatic heterocycles. The van der Waals surface area contributed by atoms with Crippen LogP contribution in [0.15, 0.2) is 18.2 Å². The van der Waals surface area contributed by atoms with Crippen molar-refractivity contribution in [3.8, 4) is 0 Å². The monoisotopic (exact) mass is 300 g/mol. The Morgan fingerprint density at radius 3 is 2.79 bits per heavy atom. The second-order valence-electron chi connectivity index (χ2n) is 5.22. The number of benzene rings is 1. The molecule has 19 heavy (non-hydrogen) atoms. The summed E-state index contributed by atoms with van der Waals surface area (Å²) in [5, 5.41) is 5.01. The maximum absolute atomic E-state index is 6.32. The maximum atomic E-state index is 6.32. The SMILES string of the molecule is CCN(CC1CCCN1)C(C)c1ccc(Cl)cc1Cl. The van der Waals surface area contributed by atoms with Gasteiger partial charge in [0.2, 0.25) is 0 Å². The third-order valence-corrected chi connectivity index (χ3v) is 4.55. The Bertz CT molecular complexity index is 417.